The minimum atomic E-state index is -5.02. The van der Waals surface area contributed by atoms with Crippen LogP contribution in [0.1, 0.15) is 27.0 Å². The molecule has 1 rings (SSSR count). The highest BCUT2D eigenvalue weighted by atomic mass is 19.4. The number of rotatable bonds is 3. The van der Waals surface area contributed by atoms with Crippen LogP contribution in [0.3, 0.4) is 0 Å². The number of carboxylic acid groups (broad SMARTS) is 1. The lowest BCUT2D eigenvalue weighted by atomic mass is 9.79. The number of hydrogen-bond acceptors (Lipinski definition) is 1. The SMILES string of the molecule is C#Cc1cc(C(=O)O)cc(C[B-](F)(F)F)c1C. The highest BCUT2D eigenvalue weighted by molar-refractivity contribution is 6.57. The van der Waals surface area contributed by atoms with Gasteiger partial charge in [-0.25, -0.2) is 4.79 Å². The smallest absolute Gasteiger partial charge is 0.478 e. The maximum Gasteiger partial charge on any atom is 0.482 e. The molecule has 0 atom stereocenters. The molecule has 1 aromatic carbocycles. The first-order valence-electron chi connectivity index (χ1n) is 4.79. The lowest BCUT2D eigenvalue weighted by Crippen LogP contribution is -2.20. The minimum Gasteiger partial charge on any atom is -0.478 e. The van der Waals surface area contributed by atoms with Gasteiger partial charge in [0.05, 0.1) is 5.56 Å². The molecule has 0 saturated carbocycles. The third-order valence-corrected chi connectivity index (χ3v) is 2.37. The molecule has 0 unspecified atom stereocenters. The van der Waals surface area contributed by atoms with Gasteiger partial charge in [0.2, 0.25) is 0 Å². The van der Waals surface area contributed by atoms with Crippen LogP contribution in [-0.2, 0) is 6.32 Å². The summed E-state index contributed by atoms with van der Waals surface area (Å²) in [5.74, 6) is 0.899. The summed E-state index contributed by atoms with van der Waals surface area (Å²) < 4.78 is 37.1. The largest absolute Gasteiger partial charge is 0.482 e. The third kappa shape index (κ3) is 3.28. The first-order chi connectivity index (χ1) is 7.74. The first-order valence-corrected chi connectivity index (χ1v) is 4.79. The van der Waals surface area contributed by atoms with Gasteiger partial charge in [-0.2, -0.15) is 0 Å². The number of benzene rings is 1. The molecule has 6 heteroatoms. The number of carbonyl (C=O) groups is 1. The van der Waals surface area contributed by atoms with Crippen LogP contribution in [-0.4, -0.2) is 18.1 Å². The van der Waals surface area contributed by atoms with Crippen LogP contribution >= 0.6 is 0 Å². The van der Waals surface area contributed by atoms with Crippen molar-refractivity contribution >= 4 is 12.9 Å². The first kappa shape index (κ1) is 13.2. The molecule has 0 aliphatic rings. The average molecular weight is 241 g/mol. The van der Waals surface area contributed by atoms with Crippen LogP contribution in [0.25, 0.3) is 0 Å². The predicted molar refractivity (Wildman–Crippen MR) is 58.9 cm³/mol. The summed E-state index contributed by atoms with van der Waals surface area (Å²) in [6.45, 7) is -3.56. The number of hydrogen-bond donors (Lipinski definition) is 1. The summed E-state index contributed by atoms with van der Waals surface area (Å²) in [5, 5.41) is 8.77. The van der Waals surface area contributed by atoms with Crippen molar-refractivity contribution in [1.82, 2.24) is 0 Å². The molecule has 0 radical (unpaired) electrons. The predicted octanol–water partition coefficient (Wildman–Crippen LogP) is 2.60. The van der Waals surface area contributed by atoms with Crippen LogP contribution in [0.15, 0.2) is 12.1 Å². The monoisotopic (exact) mass is 241 g/mol. The summed E-state index contributed by atoms with van der Waals surface area (Å²) in [4.78, 5) is 10.8. The van der Waals surface area contributed by atoms with Crippen molar-refractivity contribution in [3.63, 3.8) is 0 Å². The van der Waals surface area contributed by atoms with Crippen LogP contribution in [0, 0.1) is 19.3 Å². The van der Waals surface area contributed by atoms with Crippen LogP contribution in [0.2, 0.25) is 0 Å². The van der Waals surface area contributed by atoms with E-state index in [0.29, 0.717) is 5.56 Å². The summed E-state index contributed by atoms with van der Waals surface area (Å²) in [6, 6.07) is 2.22. The highest BCUT2D eigenvalue weighted by Crippen LogP contribution is 2.23. The zero-order valence-electron chi connectivity index (χ0n) is 9.01. The second-order valence-electron chi connectivity index (χ2n) is 3.67. The number of carboxylic acids is 1. The lowest BCUT2D eigenvalue weighted by molar-refractivity contribution is 0.0696. The van der Waals surface area contributed by atoms with Crippen molar-refractivity contribution in [2.24, 2.45) is 0 Å². The van der Waals surface area contributed by atoms with Gasteiger partial charge in [0.25, 0.3) is 0 Å². The molecule has 0 aromatic heterocycles. The molecule has 1 N–H and O–H groups in total. The normalized spacial score (nSPS) is 11.0. The second-order valence-corrected chi connectivity index (χ2v) is 3.67. The fourth-order valence-electron chi connectivity index (χ4n) is 1.51. The Labute approximate surface area is 96.5 Å². The van der Waals surface area contributed by atoms with Gasteiger partial charge in [0.15, 0.2) is 0 Å². The summed E-state index contributed by atoms with van der Waals surface area (Å²) >= 11 is 0. The minimum absolute atomic E-state index is 0.0784. The van der Waals surface area contributed by atoms with E-state index < -0.39 is 19.3 Å². The Hall–Kier alpha value is -1.90. The quantitative estimate of drug-likeness (QED) is 0.652. The van der Waals surface area contributed by atoms with Crippen molar-refractivity contribution in [3.05, 3.63) is 34.4 Å². The Morgan fingerprint density at radius 3 is 2.47 bits per heavy atom. The molecule has 0 spiro atoms. The van der Waals surface area contributed by atoms with E-state index in [1.807, 2.05) is 0 Å². The fraction of sp³-hybridized carbons (Fsp3) is 0.182. The maximum absolute atomic E-state index is 12.4. The molecule has 0 aliphatic heterocycles. The molecule has 0 saturated heterocycles. The van der Waals surface area contributed by atoms with Gasteiger partial charge in [0.1, 0.15) is 0 Å². The molecule has 17 heavy (non-hydrogen) atoms. The zero-order valence-corrected chi connectivity index (χ0v) is 9.01. The third-order valence-electron chi connectivity index (χ3n) is 2.37. The van der Waals surface area contributed by atoms with Crippen molar-refractivity contribution in [3.8, 4) is 12.3 Å². The van der Waals surface area contributed by atoms with E-state index in [4.69, 9.17) is 11.5 Å². The highest BCUT2D eigenvalue weighted by Gasteiger charge is 2.25. The second kappa shape index (κ2) is 4.54. The fourth-order valence-corrected chi connectivity index (χ4v) is 1.51. The molecular formula is C11H9BF3O2-. The summed E-state index contributed by atoms with van der Waals surface area (Å²) in [7, 11) is 0. The Bertz CT molecular complexity index is 501. The van der Waals surface area contributed by atoms with Gasteiger partial charge in [0, 0.05) is 5.56 Å². The Morgan fingerprint density at radius 2 is 2.06 bits per heavy atom. The molecule has 0 fully saturated rings. The number of terminal acetylenes is 1. The van der Waals surface area contributed by atoms with Crippen LogP contribution < -0.4 is 0 Å². The van der Waals surface area contributed by atoms with Crippen molar-refractivity contribution in [2.45, 2.75) is 13.2 Å². The van der Waals surface area contributed by atoms with E-state index in [1.165, 1.54) is 13.0 Å². The van der Waals surface area contributed by atoms with Gasteiger partial charge in [-0.15, -0.1) is 6.42 Å². The molecule has 0 bridgehead atoms. The Balaban J connectivity index is 3.34. The van der Waals surface area contributed by atoms with Crippen molar-refractivity contribution < 1.29 is 22.8 Å². The average Bonchev–Trinajstić information content (AvgIpc) is 2.18. The molecule has 0 heterocycles. The van der Waals surface area contributed by atoms with E-state index in [0.717, 1.165) is 6.07 Å². The summed E-state index contributed by atoms with van der Waals surface area (Å²) in [5.41, 5.74) is 0.181. The van der Waals surface area contributed by atoms with E-state index in [9.17, 15) is 17.7 Å². The zero-order chi connectivity index (χ0) is 13.2. The van der Waals surface area contributed by atoms with E-state index >= 15 is 0 Å². The van der Waals surface area contributed by atoms with Gasteiger partial charge in [-0.3, -0.25) is 0 Å². The van der Waals surface area contributed by atoms with E-state index in [1.54, 1.807) is 0 Å². The van der Waals surface area contributed by atoms with Crippen molar-refractivity contribution in [1.29, 1.82) is 0 Å². The molecule has 0 amide bonds. The van der Waals surface area contributed by atoms with Crippen LogP contribution in [0.5, 0.6) is 0 Å². The lowest BCUT2D eigenvalue weighted by Gasteiger charge is -2.17. The van der Waals surface area contributed by atoms with Gasteiger partial charge in [-0.1, -0.05) is 17.8 Å². The maximum atomic E-state index is 12.4. The summed E-state index contributed by atoms with van der Waals surface area (Å²) in [6.07, 6.45) is 4.01. The number of halogens is 3. The molecule has 2 nitrogen and oxygen atoms in total. The van der Waals surface area contributed by atoms with Gasteiger partial charge >= 0.3 is 12.9 Å². The Kier molecular flexibility index (Phi) is 3.52. The topological polar surface area (TPSA) is 37.3 Å². The van der Waals surface area contributed by atoms with Crippen LogP contribution in [0.4, 0.5) is 12.9 Å². The number of aromatic carboxylic acids is 1. The Morgan fingerprint density at radius 1 is 1.47 bits per heavy atom. The van der Waals surface area contributed by atoms with Gasteiger partial charge < -0.3 is 18.1 Å². The molecule has 0 aliphatic carbocycles. The van der Waals surface area contributed by atoms with Crippen molar-refractivity contribution in [2.75, 3.05) is 0 Å². The molecule has 90 valence electrons. The molecular weight excluding hydrogens is 232 g/mol. The van der Waals surface area contributed by atoms with E-state index in [-0.39, 0.29) is 16.7 Å². The van der Waals surface area contributed by atoms with Gasteiger partial charge in [-0.05, 0) is 24.6 Å². The standard InChI is InChI=1S/C11H9BF3O2/c1-3-8-4-9(11(16)17)5-10(7(8)2)6-12(13,14)15/h1,4-5H,6H2,2H3,(H,16,17)/q-1. The van der Waals surface area contributed by atoms with E-state index in [2.05, 4.69) is 5.92 Å². The molecule has 1 aromatic rings.